The standard InChI is InChI=1S/C25H30ClN5O4S/c1-31-9-7-18-21(13-31)36-24(30-18)23(33)29-20-12-25(34-2,35-3)8-6-17(20)28-22(32)19-11-14-10-15(26)4-5-16(14)27-19/h4-5,10-11,17,20,27H,6-9,12-13H2,1-3H3,(H,28,32)(H,29,33)/t17-,20+/m0/s1. The van der Waals surface area contributed by atoms with Gasteiger partial charge in [-0.3, -0.25) is 9.59 Å². The highest BCUT2D eigenvalue weighted by molar-refractivity contribution is 7.13. The first-order chi connectivity index (χ1) is 17.3. The number of halogens is 1. The summed E-state index contributed by atoms with van der Waals surface area (Å²) in [7, 11) is 5.26. The number of aromatic amines is 1. The largest absolute Gasteiger partial charge is 0.353 e. The quantitative estimate of drug-likeness (QED) is 0.421. The van der Waals surface area contributed by atoms with Crippen LogP contribution >= 0.6 is 22.9 Å². The van der Waals surface area contributed by atoms with Crippen LogP contribution in [0.5, 0.6) is 0 Å². The Labute approximate surface area is 218 Å². The summed E-state index contributed by atoms with van der Waals surface area (Å²) >= 11 is 7.52. The van der Waals surface area contributed by atoms with Crippen molar-refractivity contribution in [1.29, 1.82) is 0 Å². The lowest BCUT2D eigenvalue weighted by molar-refractivity contribution is -0.228. The minimum Gasteiger partial charge on any atom is -0.353 e. The molecule has 9 nitrogen and oxygen atoms in total. The number of methoxy groups -OCH3 is 2. The number of thiazole rings is 1. The highest BCUT2D eigenvalue weighted by Crippen LogP contribution is 2.33. The van der Waals surface area contributed by atoms with Crippen LogP contribution in [0.3, 0.4) is 0 Å². The molecular formula is C25H30ClN5O4S. The van der Waals surface area contributed by atoms with E-state index in [1.54, 1.807) is 26.4 Å². The van der Waals surface area contributed by atoms with Crippen LogP contribution < -0.4 is 10.6 Å². The topological polar surface area (TPSA) is 109 Å². The van der Waals surface area contributed by atoms with E-state index in [0.717, 1.165) is 41.0 Å². The van der Waals surface area contributed by atoms with Gasteiger partial charge in [0.15, 0.2) is 10.8 Å². The summed E-state index contributed by atoms with van der Waals surface area (Å²) in [6.07, 6.45) is 2.39. The lowest BCUT2D eigenvalue weighted by Gasteiger charge is -2.43. The van der Waals surface area contributed by atoms with Crippen molar-refractivity contribution in [3.05, 3.63) is 50.6 Å². The number of fused-ring (bicyclic) bond motifs is 2. The van der Waals surface area contributed by atoms with E-state index in [9.17, 15) is 9.59 Å². The van der Waals surface area contributed by atoms with Gasteiger partial charge in [-0.25, -0.2) is 4.98 Å². The molecule has 0 radical (unpaired) electrons. The Kier molecular flexibility index (Phi) is 7.06. The maximum atomic E-state index is 13.3. The SMILES string of the molecule is COC1(OC)CC[C@H](NC(=O)c2cc3cc(Cl)ccc3[nH]2)[C@H](NC(=O)c2nc3c(s2)CN(C)CC3)C1. The number of amides is 2. The average molecular weight is 532 g/mol. The first-order valence-corrected chi connectivity index (χ1v) is 13.2. The third-order valence-corrected chi connectivity index (χ3v) is 8.49. The Hall–Kier alpha value is -2.50. The summed E-state index contributed by atoms with van der Waals surface area (Å²) in [4.78, 5) is 37.5. The van der Waals surface area contributed by atoms with Crippen molar-refractivity contribution >= 4 is 45.7 Å². The summed E-state index contributed by atoms with van der Waals surface area (Å²) < 4.78 is 11.4. The Bertz CT molecular complexity index is 1290. The second-order valence-electron chi connectivity index (χ2n) is 9.51. The Morgan fingerprint density at radius 2 is 1.97 bits per heavy atom. The monoisotopic (exact) mass is 531 g/mol. The molecule has 11 heteroatoms. The van der Waals surface area contributed by atoms with Gasteiger partial charge in [-0.15, -0.1) is 11.3 Å². The number of ether oxygens (including phenoxy) is 2. The number of nitrogens with one attached hydrogen (secondary N) is 3. The van der Waals surface area contributed by atoms with Gasteiger partial charge in [0.25, 0.3) is 11.8 Å². The lowest BCUT2D eigenvalue weighted by Crippen LogP contribution is -2.59. The predicted molar refractivity (Wildman–Crippen MR) is 139 cm³/mol. The molecule has 5 rings (SSSR count). The summed E-state index contributed by atoms with van der Waals surface area (Å²) in [5, 5.41) is 8.13. The first-order valence-electron chi connectivity index (χ1n) is 12.0. The van der Waals surface area contributed by atoms with Crippen LogP contribution in [0.15, 0.2) is 24.3 Å². The zero-order valence-corrected chi connectivity index (χ0v) is 22.1. The van der Waals surface area contributed by atoms with E-state index in [1.165, 1.54) is 11.3 Å². The summed E-state index contributed by atoms with van der Waals surface area (Å²) in [5.74, 6) is -1.33. The number of nitrogens with zero attached hydrogens (tertiary/aromatic N) is 2. The number of H-pyrrole nitrogens is 1. The fourth-order valence-electron chi connectivity index (χ4n) is 5.06. The second-order valence-corrected chi connectivity index (χ2v) is 11.0. The van der Waals surface area contributed by atoms with Gasteiger partial charge in [0.05, 0.1) is 11.7 Å². The van der Waals surface area contributed by atoms with Crippen molar-refractivity contribution in [2.24, 2.45) is 0 Å². The molecule has 2 aliphatic rings. The fourth-order valence-corrected chi connectivity index (χ4v) is 6.33. The normalized spacial score (nSPS) is 21.8. The van der Waals surface area contributed by atoms with Gasteiger partial charge < -0.3 is 30.0 Å². The second kappa shape index (κ2) is 10.1. The number of benzene rings is 1. The molecule has 1 aliphatic heterocycles. The van der Waals surface area contributed by atoms with Crippen molar-refractivity contribution in [3.63, 3.8) is 0 Å². The average Bonchev–Trinajstić information content (AvgIpc) is 3.49. The van der Waals surface area contributed by atoms with E-state index in [2.05, 4.69) is 32.5 Å². The molecule has 192 valence electrons. The van der Waals surface area contributed by atoms with Crippen LogP contribution in [0.2, 0.25) is 5.02 Å². The third kappa shape index (κ3) is 5.01. The number of rotatable bonds is 6. The third-order valence-electron chi connectivity index (χ3n) is 7.17. The minimum absolute atomic E-state index is 0.246. The molecule has 1 saturated carbocycles. The maximum Gasteiger partial charge on any atom is 0.280 e. The Balaban J connectivity index is 1.34. The molecule has 2 atom stereocenters. The number of hydrogen-bond acceptors (Lipinski definition) is 7. The van der Waals surface area contributed by atoms with Gasteiger partial charge in [-0.2, -0.15) is 0 Å². The predicted octanol–water partition coefficient (Wildman–Crippen LogP) is 3.34. The van der Waals surface area contributed by atoms with Gasteiger partial charge in [0.1, 0.15) is 5.69 Å². The smallest absolute Gasteiger partial charge is 0.280 e. The van der Waals surface area contributed by atoms with Crippen molar-refractivity contribution in [1.82, 2.24) is 25.5 Å². The molecule has 0 spiro atoms. The summed E-state index contributed by atoms with van der Waals surface area (Å²) in [5.41, 5.74) is 2.26. The molecule has 3 N–H and O–H groups in total. The van der Waals surface area contributed by atoms with Gasteiger partial charge in [-0.1, -0.05) is 11.6 Å². The highest BCUT2D eigenvalue weighted by atomic mass is 35.5. The van der Waals surface area contributed by atoms with Crippen LogP contribution in [0, 0.1) is 0 Å². The maximum absolute atomic E-state index is 13.3. The zero-order chi connectivity index (χ0) is 25.4. The molecule has 1 fully saturated rings. The van der Waals surface area contributed by atoms with Crippen molar-refractivity contribution < 1.29 is 19.1 Å². The molecular weight excluding hydrogens is 502 g/mol. The molecule has 1 aliphatic carbocycles. The Morgan fingerprint density at radius 3 is 2.75 bits per heavy atom. The minimum atomic E-state index is -0.831. The zero-order valence-electron chi connectivity index (χ0n) is 20.5. The van der Waals surface area contributed by atoms with E-state index in [4.69, 9.17) is 21.1 Å². The van der Waals surface area contributed by atoms with Crippen LogP contribution in [0.1, 0.15) is 50.1 Å². The van der Waals surface area contributed by atoms with Crippen molar-refractivity contribution in [2.75, 3.05) is 27.8 Å². The van der Waals surface area contributed by atoms with Crippen LogP contribution in [0.25, 0.3) is 10.9 Å². The molecule has 0 bridgehead atoms. The number of carbonyl (C=O) groups is 2. The van der Waals surface area contributed by atoms with E-state index < -0.39 is 11.8 Å². The molecule has 3 aromatic rings. The fraction of sp³-hybridized carbons (Fsp3) is 0.480. The van der Waals surface area contributed by atoms with E-state index in [-0.39, 0.29) is 17.9 Å². The van der Waals surface area contributed by atoms with E-state index in [0.29, 0.717) is 35.0 Å². The molecule has 1 aromatic carbocycles. The number of hydrogen-bond donors (Lipinski definition) is 3. The van der Waals surface area contributed by atoms with Crippen molar-refractivity contribution in [3.8, 4) is 0 Å². The van der Waals surface area contributed by atoms with Gasteiger partial charge in [-0.05, 0) is 37.7 Å². The molecule has 3 heterocycles. The molecule has 2 aromatic heterocycles. The molecule has 0 unspecified atom stereocenters. The van der Waals surface area contributed by atoms with Crippen molar-refractivity contribution in [2.45, 2.75) is 50.1 Å². The van der Waals surface area contributed by atoms with Crippen LogP contribution in [0.4, 0.5) is 0 Å². The number of aromatic nitrogens is 2. The molecule has 2 amide bonds. The number of likely N-dealkylation sites (N-methyl/N-ethyl adjacent to an activating group) is 1. The molecule has 36 heavy (non-hydrogen) atoms. The van der Waals surface area contributed by atoms with E-state index >= 15 is 0 Å². The van der Waals surface area contributed by atoms with Gasteiger partial charge in [0, 0.05) is 73.4 Å². The molecule has 0 saturated heterocycles. The lowest BCUT2D eigenvalue weighted by atomic mass is 9.85. The van der Waals surface area contributed by atoms with Crippen LogP contribution in [-0.4, -0.2) is 72.4 Å². The number of carbonyl (C=O) groups excluding carboxylic acids is 2. The Morgan fingerprint density at radius 1 is 1.19 bits per heavy atom. The van der Waals surface area contributed by atoms with Gasteiger partial charge >= 0.3 is 0 Å². The first kappa shape index (κ1) is 25.2. The van der Waals surface area contributed by atoms with E-state index in [1.807, 2.05) is 12.1 Å². The van der Waals surface area contributed by atoms with Gasteiger partial charge in [0.2, 0.25) is 0 Å². The summed E-state index contributed by atoms with van der Waals surface area (Å²) in [6.45, 7) is 1.73. The summed E-state index contributed by atoms with van der Waals surface area (Å²) in [6, 6.07) is 6.49. The highest BCUT2D eigenvalue weighted by Gasteiger charge is 2.43. The van der Waals surface area contributed by atoms with Crippen LogP contribution in [-0.2, 0) is 22.4 Å².